The summed E-state index contributed by atoms with van der Waals surface area (Å²) in [7, 11) is 0. The molecule has 4 unspecified atom stereocenters. The highest BCUT2D eigenvalue weighted by Gasteiger charge is 2.70. The van der Waals surface area contributed by atoms with Crippen molar-refractivity contribution in [1.82, 2.24) is 19.7 Å². The molecule has 6 rings (SSSR count). The molecule has 1 aromatic carbocycles. The van der Waals surface area contributed by atoms with Crippen molar-refractivity contribution in [3.8, 4) is 0 Å². The van der Waals surface area contributed by atoms with Crippen molar-refractivity contribution in [3.63, 3.8) is 0 Å². The summed E-state index contributed by atoms with van der Waals surface area (Å²) in [4.78, 5) is 11.4. The van der Waals surface area contributed by atoms with Gasteiger partial charge in [-0.05, 0) is 73.9 Å². The van der Waals surface area contributed by atoms with Gasteiger partial charge in [0, 0.05) is 37.5 Å². The number of rotatable bonds is 3. The minimum atomic E-state index is -0.209. The summed E-state index contributed by atoms with van der Waals surface area (Å²) in [6, 6.07) is 7.16. The molecule has 32 heavy (non-hydrogen) atoms. The van der Waals surface area contributed by atoms with Gasteiger partial charge in [0.2, 0.25) is 5.95 Å². The fourth-order valence-electron chi connectivity index (χ4n) is 6.61. The van der Waals surface area contributed by atoms with Crippen LogP contribution in [0.25, 0.3) is 0 Å². The largest absolute Gasteiger partial charge is 0.387 e. The molecule has 4 aliphatic rings. The number of aromatic nitrogens is 3. The number of hydrogen-bond acceptors (Lipinski definition) is 4. The van der Waals surface area contributed by atoms with E-state index in [9.17, 15) is 4.39 Å². The number of hydrogen-bond donors (Lipinski definition) is 2. The first-order valence-electron chi connectivity index (χ1n) is 11.5. The number of halogens is 1. The Labute approximate surface area is 192 Å². The molecule has 0 radical (unpaired) electrons. The van der Waals surface area contributed by atoms with Crippen molar-refractivity contribution in [2.45, 2.75) is 51.1 Å². The van der Waals surface area contributed by atoms with E-state index in [1.54, 1.807) is 6.92 Å². The lowest BCUT2D eigenvalue weighted by Gasteiger charge is -2.65. The van der Waals surface area contributed by atoms with Crippen LogP contribution in [0.3, 0.4) is 0 Å². The topological polar surface area (TPSA) is 84.4 Å². The summed E-state index contributed by atoms with van der Waals surface area (Å²) in [5.74, 6) is 3.32. The number of nitrogens with one attached hydrogen (secondary N) is 1. The van der Waals surface area contributed by atoms with E-state index in [0.717, 1.165) is 49.8 Å². The van der Waals surface area contributed by atoms with Gasteiger partial charge in [0.25, 0.3) is 0 Å². The summed E-state index contributed by atoms with van der Waals surface area (Å²) >= 11 is 5.52. The minimum Gasteiger partial charge on any atom is -0.387 e. The van der Waals surface area contributed by atoms with E-state index in [2.05, 4.69) is 15.2 Å². The van der Waals surface area contributed by atoms with Crippen LogP contribution < -0.4 is 11.1 Å². The van der Waals surface area contributed by atoms with Gasteiger partial charge in [-0.25, -0.2) is 14.1 Å². The fourth-order valence-corrected chi connectivity index (χ4v) is 6.89. The van der Waals surface area contributed by atoms with Crippen molar-refractivity contribution in [2.24, 2.45) is 28.0 Å². The number of fused-ring (bicyclic) bond motifs is 1. The number of nitrogens with zero attached hydrogens (tertiary/aromatic N) is 5. The summed E-state index contributed by atoms with van der Waals surface area (Å²) in [6.07, 6.45) is 4.54. The second kappa shape index (κ2) is 7.23. The van der Waals surface area contributed by atoms with E-state index in [-0.39, 0.29) is 11.7 Å². The van der Waals surface area contributed by atoms with Crippen molar-refractivity contribution >= 4 is 29.1 Å². The molecule has 1 saturated heterocycles. The van der Waals surface area contributed by atoms with Crippen molar-refractivity contribution < 1.29 is 4.39 Å². The molecule has 2 aromatic rings. The number of benzene rings is 1. The molecule has 9 heteroatoms. The smallest absolute Gasteiger partial charge is 0.242 e. The summed E-state index contributed by atoms with van der Waals surface area (Å²) in [6.45, 7) is 4.55. The maximum atomic E-state index is 13.4. The third-order valence-corrected chi connectivity index (χ3v) is 8.50. The van der Waals surface area contributed by atoms with E-state index >= 15 is 0 Å². The molecular weight excluding hydrogens is 425 g/mol. The van der Waals surface area contributed by atoms with Crippen LogP contribution in [0.4, 0.5) is 10.3 Å². The summed E-state index contributed by atoms with van der Waals surface area (Å²) < 4.78 is 15.4. The lowest BCUT2D eigenvalue weighted by Crippen LogP contribution is -2.68. The Balaban J connectivity index is 1.20. The van der Waals surface area contributed by atoms with Gasteiger partial charge in [-0.2, -0.15) is 4.98 Å². The predicted octanol–water partition coefficient (Wildman–Crippen LogP) is 3.13. The van der Waals surface area contributed by atoms with Crippen LogP contribution in [0.5, 0.6) is 0 Å². The maximum absolute atomic E-state index is 13.4. The van der Waals surface area contributed by atoms with Gasteiger partial charge in [-0.1, -0.05) is 12.1 Å². The molecule has 5 atom stereocenters. The van der Waals surface area contributed by atoms with E-state index < -0.39 is 0 Å². The summed E-state index contributed by atoms with van der Waals surface area (Å²) in [5.41, 5.74) is 7.20. The Kier molecular flexibility index (Phi) is 4.54. The summed E-state index contributed by atoms with van der Waals surface area (Å²) in [5, 5.41) is 9.09. The molecule has 2 aliphatic carbocycles. The molecule has 3 heterocycles. The number of aryl methyl sites for hydroxylation is 1. The van der Waals surface area contributed by atoms with E-state index in [1.165, 1.54) is 25.0 Å². The first-order chi connectivity index (χ1) is 15.4. The molecule has 1 spiro atoms. The molecule has 168 valence electrons. The highest BCUT2D eigenvalue weighted by molar-refractivity contribution is 7.80. The van der Waals surface area contributed by atoms with Gasteiger partial charge in [-0.3, -0.25) is 0 Å². The van der Waals surface area contributed by atoms with Gasteiger partial charge in [-0.15, -0.1) is 5.10 Å². The molecule has 1 aromatic heterocycles. The quantitative estimate of drug-likeness (QED) is 0.422. The van der Waals surface area contributed by atoms with Gasteiger partial charge in [0.15, 0.2) is 5.11 Å². The number of anilines is 1. The molecule has 3 N–H and O–H groups in total. The number of amidine groups is 1. The van der Waals surface area contributed by atoms with Crippen LogP contribution in [0.1, 0.15) is 49.9 Å². The average molecular weight is 454 g/mol. The highest BCUT2D eigenvalue weighted by Crippen LogP contribution is 2.68. The van der Waals surface area contributed by atoms with Gasteiger partial charge in [0.1, 0.15) is 11.6 Å². The molecule has 2 saturated carbocycles. The van der Waals surface area contributed by atoms with Crippen LogP contribution in [-0.4, -0.2) is 49.7 Å². The normalized spacial score (nSPS) is 32.9. The first kappa shape index (κ1) is 20.1. The number of thiocarbonyl (C=S) groups is 1. The predicted molar refractivity (Wildman–Crippen MR) is 125 cm³/mol. The number of aliphatic imine (C=N–C) groups is 1. The SMILES string of the molecule is C/C(N)=N/C(=S)N1CC2C(Nc3nc4n(n3)CCCC4c3ccc(F)cc3)[C@@H]3CCC23C1. The van der Waals surface area contributed by atoms with Crippen molar-refractivity contribution in [1.29, 1.82) is 0 Å². The fraction of sp³-hybridized carbons (Fsp3) is 0.565. The van der Waals surface area contributed by atoms with Gasteiger partial charge < -0.3 is 16.0 Å². The lowest BCUT2D eigenvalue weighted by molar-refractivity contribution is -0.119. The molecule has 2 aliphatic heterocycles. The molecule has 3 fully saturated rings. The van der Waals surface area contributed by atoms with Crippen LogP contribution >= 0.6 is 12.2 Å². The Hall–Kier alpha value is -2.55. The number of nitrogens with two attached hydrogens (primary N) is 1. The Bertz CT molecular complexity index is 1090. The molecule has 0 amide bonds. The third kappa shape index (κ3) is 2.97. The Morgan fingerprint density at radius 2 is 2.09 bits per heavy atom. The lowest BCUT2D eigenvalue weighted by atomic mass is 9.41. The third-order valence-electron chi connectivity index (χ3n) is 8.15. The highest BCUT2D eigenvalue weighted by atomic mass is 32.1. The minimum absolute atomic E-state index is 0.160. The molecular formula is C23H28FN7S. The molecule has 0 bridgehead atoms. The van der Waals surface area contributed by atoms with Crippen LogP contribution in [0.15, 0.2) is 29.3 Å². The molecule has 7 nitrogen and oxygen atoms in total. The maximum Gasteiger partial charge on any atom is 0.242 e. The van der Waals surface area contributed by atoms with Crippen LogP contribution in [0, 0.1) is 23.1 Å². The van der Waals surface area contributed by atoms with E-state index in [4.69, 9.17) is 28.0 Å². The zero-order valence-corrected chi connectivity index (χ0v) is 19.0. The zero-order chi connectivity index (χ0) is 22.0. The monoisotopic (exact) mass is 453 g/mol. The van der Waals surface area contributed by atoms with Crippen LogP contribution in [-0.2, 0) is 6.54 Å². The average Bonchev–Trinajstić information content (AvgIpc) is 3.34. The van der Waals surface area contributed by atoms with E-state index in [0.29, 0.717) is 34.2 Å². The van der Waals surface area contributed by atoms with Gasteiger partial charge >= 0.3 is 0 Å². The Morgan fingerprint density at radius 1 is 1.28 bits per heavy atom. The van der Waals surface area contributed by atoms with Crippen molar-refractivity contribution in [2.75, 3.05) is 18.4 Å². The second-order valence-corrected chi connectivity index (χ2v) is 10.2. The standard InChI is InChI=1S/C23H28FN7S/c1-13(25)26-22(32)30-11-18-19(17-8-9-23(17,18)12-30)27-21-28-20-16(3-2-10-31(20)29-21)14-4-6-15(24)7-5-14/h4-7,16-19H,2-3,8-12H2,1H3,(H,27,29)(H2,25,26,32)/t16?,17-,18?,19?,23?/m0/s1. The second-order valence-electron chi connectivity index (χ2n) is 9.83. The number of likely N-dealkylation sites (tertiary alicyclic amines) is 1. The Morgan fingerprint density at radius 3 is 2.81 bits per heavy atom. The van der Waals surface area contributed by atoms with Gasteiger partial charge in [0.05, 0.1) is 5.84 Å². The van der Waals surface area contributed by atoms with E-state index in [1.807, 2.05) is 16.8 Å². The van der Waals surface area contributed by atoms with Crippen molar-refractivity contribution in [3.05, 3.63) is 41.5 Å². The zero-order valence-electron chi connectivity index (χ0n) is 18.2. The van der Waals surface area contributed by atoms with Crippen LogP contribution in [0.2, 0.25) is 0 Å². The first-order valence-corrected chi connectivity index (χ1v) is 11.9.